The van der Waals surface area contributed by atoms with Crippen LogP contribution in [-0.4, -0.2) is 24.0 Å². The Hall–Kier alpha value is -2.88. The normalized spacial score (nSPS) is 22.8. The fourth-order valence-corrected chi connectivity index (χ4v) is 4.21. The molecule has 1 atom stereocenters. The van der Waals surface area contributed by atoms with E-state index in [-0.39, 0.29) is 5.41 Å². The lowest BCUT2D eigenvalue weighted by Gasteiger charge is -2.44. The van der Waals surface area contributed by atoms with Crippen molar-refractivity contribution in [2.45, 2.75) is 25.0 Å². The first-order chi connectivity index (χ1) is 12.0. The third kappa shape index (κ3) is 1.66. The lowest BCUT2D eigenvalue weighted by molar-refractivity contribution is 0.0826. The minimum Gasteiger partial charge on any atom is -0.459 e. The summed E-state index contributed by atoms with van der Waals surface area (Å²) >= 11 is 0. The number of likely N-dealkylation sites (N-methyl/N-ethyl adjacent to an activating group) is 1. The summed E-state index contributed by atoms with van der Waals surface area (Å²) in [5.41, 5.74) is 3.37. The number of aromatic nitrogens is 1. The minimum absolute atomic E-state index is 0.233. The Balaban J connectivity index is 1.72. The van der Waals surface area contributed by atoms with Crippen molar-refractivity contribution in [2.75, 3.05) is 11.9 Å². The van der Waals surface area contributed by atoms with Gasteiger partial charge in [0.1, 0.15) is 11.4 Å². The fraction of sp³-hybridized carbons (Fsp3) is 0.238. The van der Waals surface area contributed by atoms with Gasteiger partial charge in [-0.25, -0.2) is 0 Å². The smallest absolute Gasteiger partial charge is 0.228 e. The second kappa shape index (κ2) is 4.60. The second-order valence-corrected chi connectivity index (χ2v) is 7.24. The summed E-state index contributed by atoms with van der Waals surface area (Å²) in [4.78, 5) is 11.5. The molecule has 0 saturated carbocycles. The molecule has 3 aromatic rings. The van der Waals surface area contributed by atoms with E-state index in [9.17, 15) is 0 Å². The van der Waals surface area contributed by atoms with Crippen LogP contribution in [0, 0.1) is 0 Å². The number of ether oxygens (including phenoxy) is 1. The van der Waals surface area contributed by atoms with E-state index in [1.807, 2.05) is 30.5 Å². The van der Waals surface area contributed by atoms with E-state index in [1.54, 1.807) is 6.20 Å². The molecule has 5 rings (SSSR count). The van der Waals surface area contributed by atoms with Crippen LogP contribution in [0.4, 0.5) is 11.4 Å². The molecule has 4 nitrogen and oxygen atoms in total. The summed E-state index contributed by atoms with van der Waals surface area (Å²) in [6.45, 7) is 4.43. The van der Waals surface area contributed by atoms with Crippen LogP contribution < -0.4 is 9.64 Å². The Labute approximate surface area is 146 Å². The van der Waals surface area contributed by atoms with Gasteiger partial charge in [0.15, 0.2) is 0 Å². The number of hydrogen-bond donors (Lipinski definition) is 0. The zero-order chi connectivity index (χ0) is 17.2. The van der Waals surface area contributed by atoms with Gasteiger partial charge in [0.2, 0.25) is 5.72 Å². The molecule has 25 heavy (non-hydrogen) atoms. The van der Waals surface area contributed by atoms with Crippen molar-refractivity contribution in [1.82, 2.24) is 4.98 Å². The van der Waals surface area contributed by atoms with Crippen LogP contribution in [-0.2, 0) is 5.41 Å². The van der Waals surface area contributed by atoms with Gasteiger partial charge >= 0.3 is 0 Å². The summed E-state index contributed by atoms with van der Waals surface area (Å²) in [7, 11) is 2.08. The van der Waals surface area contributed by atoms with Gasteiger partial charge in [-0.3, -0.25) is 9.98 Å². The maximum absolute atomic E-state index is 6.65. The van der Waals surface area contributed by atoms with Crippen molar-refractivity contribution < 1.29 is 4.74 Å². The molecule has 0 saturated heterocycles. The molecule has 4 heteroatoms. The van der Waals surface area contributed by atoms with Crippen LogP contribution in [0.3, 0.4) is 0 Å². The number of benzene rings is 2. The molecule has 0 bridgehead atoms. The summed E-state index contributed by atoms with van der Waals surface area (Å²) in [6.07, 6.45) is 3.76. The maximum atomic E-state index is 6.65. The van der Waals surface area contributed by atoms with Gasteiger partial charge in [-0.05, 0) is 49.7 Å². The molecule has 1 spiro atoms. The topological polar surface area (TPSA) is 37.7 Å². The van der Waals surface area contributed by atoms with Crippen LogP contribution >= 0.6 is 0 Å². The fourth-order valence-electron chi connectivity index (χ4n) is 4.21. The van der Waals surface area contributed by atoms with Crippen molar-refractivity contribution in [3.05, 3.63) is 60.3 Å². The molecule has 0 aliphatic carbocycles. The average Bonchev–Trinajstić information content (AvgIpc) is 2.81. The van der Waals surface area contributed by atoms with Gasteiger partial charge in [-0.2, -0.15) is 0 Å². The van der Waals surface area contributed by atoms with Crippen LogP contribution in [0.25, 0.3) is 10.9 Å². The van der Waals surface area contributed by atoms with Crippen molar-refractivity contribution in [3.63, 3.8) is 0 Å². The highest BCUT2D eigenvalue weighted by Crippen LogP contribution is 2.53. The first-order valence-corrected chi connectivity index (χ1v) is 8.50. The SMILES string of the molecule is CN1c2ccccc2C(C)(C)[C@@]12C=Nc1c(ccc3ncccc13)O2. The van der Waals surface area contributed by atoms with Crippen LogP contribution in [0.5, 0.6) is 5.75 Å². The standard InChI is InChI=1S/C21H19N3O/c1-20(2)15-8-4-5-9-17(15)24(3)21(20)13-23-19-14-7-6-12-22-16(14)10-11-18(19)25-21/h4-13H,1-3H3/t21-/m0/s1. The molecular weight excluding hydrogens is 310 g/mol. The lowest BCUT2D eigenvalue weighted by atomic mass is 9.77. The molecule has 124 valence electrons. The monoisotopic (exact) mass is 329 g/mol. The Bertz CT molecular complexity index is 1040. The molecule has 3 heterocycles. The molecule has 2 aliphatic rings. The average molecular weight is 329 g/mol. The molecule has 0 N–H and O–H groups in total. The predicted octanol–water partition coefficient (Wildman–Crippen LogP) is 4.45. The maximum Gasteiger partial charge on any atom is 0.228 e. The largest absolute Gasteiger partial charge is 0.459 e. The summed E-state index contributed by atoms with van der Waals surface area (Å²) < 4.78 is 6.65. The number of fused-ring (bicyclic) bond motifs is 4. The highest BCUT2D eigenvalue weighted by molar-refractivity contribution is 5.98. The lowest BCUT2D eigenvalue weighted by Crippen LogP contribution is -2.61. The Morgan fingerprint density at radius 3 is 2.68 bits per heavy atom. The quantitative estimate of drug-likeness (QED) is 0.611. The number of para-hydroxylation sites is 1. The summed E-state index contributed by atoms with van der Waals surface area (Å²) in [5.74, 6) is 0.802. The van der Waals surface area contributed by atoms with Crippen molar-refractivity contribution in [1.29, 1.82) is 0 Å². The third-order valence-corrected chi connectivity index (χ3v) is 5.69. The highest BCUT2D eigenvalue weighted by Gasteiger charge is 2.58. The van der Waals surface area contributed by atoms with Crippen LogP contribution in [0.1, 0.15) is 19.4 Å². The van der Waals surface area contributed by atoms with E-state index in [2.05, 4.69) is 55.0 Å². The van der Waals surface area contributed by atoms with Crippen molar-refractivity contribution in [2.24, 2.45) is 4.99 Å². The Morgan fingerprint density at radius 2 is 1.84 bits per heavy atom. The van der Waals surface area contributed by atoms with Crippen molar-refractivity contribution >= 4 is 28.5 Å². The van der Waals surface area contributed by atoms with Gasteiger partial charge in [0.25, 0.3) is 0 Å². The Morgan fingerprint density at radius 1 is 1.00 bits per heavy atom. The van der Waals surface area contributed by atoms with E-state index >= 15 is 0 Å². The molecule has 2 aromatic carbocycles. The number of rotatable bonds is 0. The zero-order valence-electron chi connectivity index (χ0n) is 14.5. The van der Waals surface area contributed by atoms with Gasteiger partial charge in [0.05, 0.1) is 17.1 Å². The van der Waals surface area contributed by atoms with Crippen LogP contribution in [0.2, 0.25) is 0 Å². The van der Waals surface area contributed by atoms with Crippen molar-refractivity contribution in [3.8, 4) is 5.75 Å². The highest BCUT2D eigenvalue weighted by atomic mass is 16.5. The number of anilines is 1. The number of hydrogen-bond acceptors (Lipinski definition) is 4. The second-order valence-electron chi connectivity index (χ2n) is 7.24. The van der Waals surface area contributed by atoms with Gasteiger partial charge in [-0.1, -0.05) is 18.2 Å². The first-order valence-electron chi connectivity index (χ1n) is 8.50. The van der Waals surface area contributed by atoms with Gasteiger partial charge in [0, 0.05) is 24.3 Å². The zero-order valence-corrected chi connectivity index (χ0v) is 14.5. The molecule has 0 unspecified atom stereocenters. The van der Waals surface area contributed by atoms with E-state index in [0.717, 1.165) is 22.3 Å². The van der Waals surface area contributed by atoms with Gasteiger partial charge in [-0.15, -0.1) is 0 Å². The summed E-state index contributed by atoms with van der Waals surface area (Å²) in [6, 6.07) is 16.4. The molecule has 0 amide bonds. The number of nitrogens with zero attached hydrogens (tertiary/aromatic N) is 3. The predicted molar refractivity (Wildman–Crippen MR) is 101 cm³/mol. The minimum atomic E-state index is -0.639. The molecule has 2 aliphatic heterocycles. The van der Waals surface area contributed by atoms with E-state index in [1.165, 1.54) is 11.3 Å². The summed E-state index contributed by atoms with van der Waals surface area (Å²) in [5, 5.41) is 1.02. The van der Waals surface area contributed by atoms with Crippen LogP contribution in [0.15, 0.2) is 59.7 Å². The third-order valence-electron chi connectivity index (χ3n) is 5.69. The molecule has 0 fully saturated rings. The molecule has 0 radical (unpaired) electrons. The Kier molecular flexibility index (Phi) is 2.66. The molecular formula is C21H19N3O. The van der Waals surface area contributed by atoms with E-state index in [4.69, 9.17) is 9.73 Å². The van der Waals surface area contributed by atoms with E-state index in [0.29, 0.717) is 0 Å². The van der Waals surface area contributed by atoms with Gasteiger partial charge < -0.3 is 9.64 Å². The number of aliphatic imine (C=N–C) groups is 1. The number of pyridine rings is 1. The first kappa shape index (κ1) is 14.5. The van der Waals surface area contributed by atoms with E-state index < -0.39 is 5.72 Å². The molecule has 1 aromatic heterocycles.